The van der Waals surface area contributed by atoms with Crippen LogP contribution in [0.3, 0.4) is 0 Å². The summed E-state index contributed by atoms with van der Waals surface area (Å²) in [5.41, 5.74) is 0.952. The molecule has 0 aliphatic heterocycles. The van der Waals surface area contributed by atoms with Crippen LogP contribution in [0.1, 0.15) is 20.8 Å². The third-order valence-corrected chi connectivity index (χ3v) is 0.856. The molecule has 0 spiro atoms. The van der Waals surface area contributed by atoms with Gasteiger partial charge in [0.2, 0.25) is 0 Å². The third-order valence-electron chi connectivity index (χ3n) is 0.856. The molecule has 3 heteroatoms. The molecule has 0 aliphatic rings. The van der Waals surface area contributed by atoms with Crippen molar-refractivity contribution in [2.45, 2.75) is 26.9 Å². The highest BCUT2D eigenvalue weighted by Gasteiger charge is 2.08. The molecule has 0 aliphatic carbocycles. The van der Waals surface area contributed by atoms with E-state index < -0.39 is 12.1 Å². The van der Waals surface area contributed by atoms with E-state index in [2.05, 4.69) is 0 Å². The van der Waals surface area contributed by atoms with Crippen LogP contribution >= 0.6 is 0 Å². The average molecular weight is 144 g/mol. The van der Waals surface area contributed by atoms with Crippen molar-refractivity contribution >= 4 is 5.97 Å². The van der Waals surface area contributed by atoms with E-state index in [1.807, 2.05) is 13.8 Å². The maximum absolute atomic E-state index is 10.2. The van der Waals surface area contributed by atoms with Gasteiger partial charge in [0.05, 0.1) is 6.26 Å². The van der Waals surface area contributed by atoms with Gasteiger partial charge in [-0.2, -0.15) is 0 Å². The average Bonchev–Trinajstić information content (AvgIpc) is 1.82. The second kappa shape index (κ2) is 3.93. The minimum Gasteiger partial charge on any atom is -0.487 e. The maximum Gasteiger partial charge on any atom is 0.344 e. The number of aliphatic carboxylic acids is 1. The summed E-state index contributed by atoms with van der Waals surface area (Å²) in [4.78, 5) is 10.2. The topological polar surface area (TPSA) is 46.5 Å². The highest BCUT2D eigenvalue weighted by molar-refractivity contribution is 5.71. The number of rotatable bonds is 3. The molecule has 0 aromatic rings. The number of hydrogen-bond acceptors (Lipinski definition) is 2. The van der Waals surface area contributed by atoms with E-state index in [1.54, 1.807) is 0 Å². The van der Waals surface area contributed by atoms with E-state index in [9.17, 15) is 4.79 Å². The molecule has 0 aromatic heterocycles. The zero-order valence-electron chi connectivity index (χ0n) is 6.42. The number of ether oxygens (including phenoxy) is 1. The van der Waals surface area contributed by atoms with Crippen molar-refractivity contribution < 1.29 is 14.6 Å². The third kappa shape index (κ3) is 3.95. The number of carboxylic acid groups (broad SMARTS) is 1. The van der Waals surface area contributed by atoms with Crippen LogP contribution in [0.2, 0.25) is 0 Å². The summed E-state index contributed by atoms with van der Waals surface area (Å²) in [5, 5.41) is 8.34. The molecule has 0 aromatic carbocycles. The summed E-state index contributed by atoms with van der Waals surface area (Å²) in [7, 11) is 0. The molecule has 0 heterocycles. The van der Waals surface area contributed by atoms with Crippen LogP contribution in [0.15, 0.2) is 11.8 Å². The van der Waals surface area contributed by atoms with Gasteiger partial charge in [-0.15, -0.1) is 0 Å². The summed E-state index contributed by atoms with van der Waals surface area (Å²) in [6, 6.07) is 0. The van der Waals surface area contributed by atoms with Gasteiger partial charge in [-0.1, -0.05) is 0 Å². The van der Waals surface area contributed by atoms with E-state index in [1.165, 1.54) is 13.2 Å². The van der Waals surface area contributed by atoms with Crippen molar-refractivity contribution in [1.29, 1.82) is 0 Å². The van der Waals surface area contributed by atoms with Crippen LogP contribution < -0.4 is 0 Å². The highest BCUT2D eigenvalue weighted by atomic mass is 16.5. The predicted molar refractivity (Wildman–Crippen MR) is 37.6 cm³/mol. The summed E-state index contributed by atoms with van der Waals surface area (Å²) in [6.45, 7) is 5.17. The van der Waals surface area contributed by atoms with E-state index in [4.69, 9.17) is 9.84 Å². The lowest BCUT2D eigenvalue weighted by atomic mass is 10.4. The Hall–Kier alpha value is -0.990. The number of allylic oxidation sites excluding steroid dienone is 1. The van der Waals surface area contributed by atoms with Crippen molar-refractivity contribution in [3.05, 3.63) is 11.8 Å². The Kier molecular flexibility index (Phi) is 3.54. The molecule has 0 fully saturated rings. The van der Waals surface area contributed by atoms with Gasteiger partial charge in [0.25, 0.3) is 0 Å². The van der Waals surface area contributed by atoms with Crippen molar-refractivity contribution in [1.82, 2.24) is 0 Å². The number of carbonyl (C=O) groups is 1. The molecule has 0 saturated heterocycles. The highest BCUT2D eigenvalue weighted by Crippen LogP contribution is 1.95. The molecular formula is C7H12O3. The quantitative estimate of drug-likeness (QED) is 0.609. The summed E-state index contributed by atoms with van der Waals surface area (Å²) in [6.07, 6.45) is 0.689. The van der Waals surface area contributed by atoms with Crippen LogP contribution in [-0.2, 0) is 9.53 Å². The van der Waals surface area contributed by atoms with E-state index in [-0.39, 0.29) is 0 Å². The molecule has 0 rings (SSSR count). The van der Waals surface area contributed by atoms with Crippen LogP contribution in [-0.4, -0.2) is 17.2 Å². The molecule has 1 N–H and O–H groups in total. The van der Waals surface area contributed by atoms with Crippen molar-refractivity contribution in [3.8, 4) is 0 Å². The van der Waals surface area contributed by atoms with Gasteiger partial charge in [-0.05, 0) is 26.3 Å². The van der Waals surface area contributed by atoms with Gasteiger partial charge in [0.1, 0.15) is 0 Å². The second-order valence-corrected chi connectivity index (χ2v) is 2.31. The van der Waals surface area contributed by atoms with Gasteiger partial charge in [-0.25, -0.2) is 4.79 Å². The van der Waals surface area contributed by atoms with E-state index in [0.717, 1.165) is 5.57 Å². The van der Waals surface area contributed by atoms with Crippen LogP contribution in [0.4, 0.5) is 0 Å². The number of carboxylic acids is 1. The SMILES string of the molecule is CC(C)=COC(C)C(=O)O. The largest absolute Gasteiger partial charge is 0.487 e. The van der Waals surface area contributed by atoms with Gasteiger partial charge in [0.15, 0.2) is 6.10 Å². The monoisotopic (exact) mass is 144 g/mol. The van der Waals surface area contributed by atoms with Gasteiger partial charge in [-0.3, -0.25) is 0 Å². The van der Waals surface area contributed by atoms with E-state index >= 15 is 0 Å². The first-order valence-corrected chi connectivity index (χ1v) is 3.05. The Morgan fingerprint density at radius 3 is 2.40 bits per heavy atom. The lowest BCUT2D eigenvalue weighted by molar-refractivity contribution is -0.145. The first-order valence-electron chi connectivity index (χ1n) is 3.05. The lowest BCUT2D eigenvalue weighted by Crippen LogP contribution is -2.17. The van der Waals surface area contributed by atoms with Crippen LogP contribution in [0.25, 0.3) is 0 Å². The fourth-order valence-corrected chi connectivity index (χ4v) is 0.296. The molecule has 58 valence electrons. The predicted octanol–water partition coefficient (Wildman–Crippen LogP) is 1.40. The molecule has 3 nitrogen and oxygen atoms in total. The van der Waals surface area contributed by atoms with Gasteiger partial charge < -0.3 is 9.84 Å². The first kappa shape index (κ1) is 9.01. The maximum atomic E-state index is 10.2. The number of hydrogen-bond donors (Lipinski definition) is 1. The van der Waals surface area contributed by atoms with Gasteiger partial charge >= 0.3 is 5.97 Å². The fourth-order valence-electron chi connectivity index (χ4n) is 0.296. The first-order chi connectivity index (χ1) is 4.54. The van der Waals surface area contributed by atoms with Crippen molar-refractivity contribution in [2.24, 2.45) is 0 Å². The second-order valence-electron chi connectivity index (χ2n) is 2.31. The minimum absolute atomic E-state index is 0.755. The Morgan fingerprint density at radius 2 is 2.10 bits per heavy atom. The standard InChI is InChI=1S/C7H12O3/c1-5(2)4-10-6(3)7(8)9/h4,6H,1-3H3,(H,8,9). The molecule has 1 atom stereocenters. The Balaban J connectivity index is 3.70. The lowest BCUT2D eigenvalue weighted by Gasteiger charge is -2.04. The molecule has 0 amide bonds. The zero-order chi connectivity index (χ0) is 8.15. The molecule has 10 heavy (non-hydrogen) atoms. The normalized spacial score (nSPS) is 11.9. The summed E-state index contributed by atoms with van der Waals surface area (Å²) >= 11 is 0. The minimum atomic E-state index is -0.947. The molecule has 0 radical (unpaired) electrons. The Morgan fingerprint density at radius 1 is 1.60 bits per heavy atom. The Labute approximate surface area is 60.3 Å². The molecule has 0 bridgehead atoms. The van der Waals surface area contributed by atoms with Crippen LogP contribution in [0, 0.1) is 0 Å². The fraction of sp³-hybridized carbons (Fsp3) is 0.571. The molecule has 0 saturated carbocycles. The van der Waals surface area contributed by atoms with Gasteiger partial charge in [0, 0.05) is 0 Å². The van der Waals surface area contributed by atoms with E-state index in [0.29, 0.717) is 0 Å². The van der Waals surface area contributed by atoms with Crippen LogP contribution in [0.5, 0.6) is 0 Å². The zero-order valence-corrected chi connectivity index (χ0v) is 6.42. The smallest absolute Gasteiger partial charge is 0.344 e. The summed E-state index contributed by atoms with van der Waals surface area (Å²) in [5.74, 6) is -0.947. The Bertz CT molecular complexity index is 145. The van der Waals surface area contributed by atoms with Crippen molar-refractivity contribution in [2.75, 3.05) is 0 Å². The molecular weight excluding hydrogens is 132 g/mol. The van der Waals surface area contributed by atoms with Crippen molar-refractivity contribution in [3.63, 3.8) is 0 Å². The summed E-state index contributed by atoms with van der Waals surface area (Å²) < 4.78 is 4.80. The molecule has 1 unspecified atom stereocenters.